The number of fused-ring (bicyclic) bond motifs is 1. The second kappa shape index (κ2) is 7.83. The van der Waals surface area contributed by atoms with Crippen LogP contribution in [-0.4, -0.2) is 33.2 Å². The highest BCUT2D eigenvalue weighted by Gasteiger charge is 2.20. The van der Waals surface area contributed by atoms with E-state index in [1.54, 1.807) is 18.2 Å². The summed E-state index contributed by atoms with van der Waals surface area (Å²) in [7, 11) is 3.01. The van der Waals surface area contributed by atoms with Gasteiger partial charge in [0.25, 0.3) is 0 Å². The number of carbonyl (C=O) groups is 1. The number of hydrogen-bond donors (Lipinski definition) is 1. The van der Waals surface area contributed by atoms with Crippen LogP contribution in [0.4, 0.5) is 15.8 Å². The summed E-state index contributed by atoms with van der Waals surface area (Å²) >= 11 is 6.08. The normalized spacial score (nSPS) is 13.2. The minimum atomic E-state index is -0.256. The smallest absolute Gasteiger partial charge is 0.243 e. The molecule has 2 aromatic carbocycles. The summed E-state index contributed by atoms with van der Waals surface area (Å²) in [5.41, 5.74) is 2.30. The molecule has 0 aromatic heterocycles. The van der Waals surface area contributed by atoms with E-state index in [0.717, 1.165) is 30.6 Å². The van der Waals surface area contributed by atoms with E-state index in [1.807, 2.05) is 4.90 Å². The van der Waals surface area contributed by atoms with E-state index in [2.05, 4.69) is 5.32 Å². The third-order valence-electron chi connectivity index (χ3n) is 4.34. The summed E-state index contributed by atoms with van der Waals surface area (Å²) in [4.78, 5) is 14.5. The van der Waals surface area contributed by atoms with E-state index < -0.39 is 0 Å². The van der Waals surface area contributed by atoms with Gasteiger partial charge in [0.1, 0.15) is 17.3 Å². The van der Waals surface area contributed by atoms with Crippen LogP contribution in [-0.2, 0) is 11.2 Å². The van der Waals surface area contributed by atoms with Gasteiger partial charge in [0.15, 0.2) is 0 Å². The summed E-state index contributed by atoms with van der Waals surface area (Å²) in [6, 6.07) is 7.89. The molecule has 138 valence electrons. The lowest BCUT2D eigenvalue weighted by Crippen LogP contribution is -2.36. The molecule has 0 unspecified atom stereocenters. The van der Waals surface area contributed by atoms with Crippen molar-refractivity contribution in [3.63, 3.8) is 0 Å². The SMILES string of the molecule is COc1cc(NC(=O)CN2CCCc3cc(F)ccc32)c(OC)cc1Cl. The Morgan fingerprint density at radius 1 is 1.23 bits per heavy atom. The topological polar surface area (TPSA) is 50.8 Å². The van der Waals surface area contributed by atoms with Crippen molar-refractivity contribution in [3.05, 3.63) is 46.7 Å². The number of hydrogen-bond acceptors (Lipinski definition) is 4. The van der Waals surface area contributed by atoms with Crippen molar-refractivity contribution in [1.29, 1.82) is 0 Å². The number of aryl methyl sites for hydroxylation is 1. The van der Waals surface area contributed by atoms with Crippen LogP contribution in [0.3, 0.4) is 0 Å². The van der Waals surface area contributed by atoms with Gasteiger partial charge in [0, 0.05) is 24.4 Å². The van der Waals surface area contributed by atoms with Gasteiger partial charge in [-0.1, -0.05) is 11.6 Å². The van der Waals surface area contributed by atoms with Crippen molar-refractivity contribution in [2.75, 3.05) is 37.5 Å². The van der Waals surface area contributed by atoms with Crippen LogP contribution < -0.4 is 19.7 Å². The molecule has 7 heteroatoms. The lowest BCUT2D eigenvalue weighted by molar-refractivity contribution is -0.115. The Bertz CT molecular complexity index is 829. The first-order chi connectivity index (χ1) is 12.5. The molecule has 0 radical (unpaired) electrons. The predicted octanol–water partition coefficient (Wildman–Crippen LogP) is 3.89. The lowest BCUT2D eigenvalue weighted by atomic mass is 10.0. The highest BCUT2D eigenvalue weighted by molar-refractivity contribution is 6.32. The van der Waals surface area contributed by atoms with Crippen molar-refractivity contribution >= 4 is 28.9 Å². The molecular formula is C19H20ClFN2O3. The number of carbonyl (C=O) groups excluding carboxylic acids is 1. The van der Waals surface area contributed by atoms with Crippen LogP contribution in [0.25, 0.3) is 0 Å². The number of halogens is 2. The van der Waals surface area contributed by atoms with Gasteiger partial charge in [-0.05, 0) is 36.6 Å². The molecule has 1 N–H and O–H groups in total. The third-order valence-corrected chi connectivity index (χ3v) is 4.63. The van der Waals surface area contributed by atoms with Crippen LogP contribution in [0.5, 0.6) is 11.5 Å². The maximum atomic E-state index is 13.4. The Hall–Kier alpha value is -2.47. The monoisotopic (exact) mass is 378 g/mol. The Morgan fingerprint density at radius 2 is 2.00 bits per heavy atom. The molecule has 0 aliphatic carbocycles. The average Bonchev–Trinajstić information content (AvgIpc) is 2.62. The molecule has 1 aliphatic heterocycles. The standard InChI is InChI=1S/C19H20ClFN2O3/c1-25-17-10-15(18(26-2)9-14(17)20)22-19(24)11-23-7-3-4-12-8-13(21)5-6-16(12)23/h5-6,8-10H,3-4,7,11H2,1-2H3,(H,22,24). The number of nitrogens with zero attached hydrogens (tertiary/aromatic N) is 1. The quantitative estimate of drug-likeness (QED) is 0.857. The first-order valence-corrected chi connectivity index (χ1v) is 8.64. The van der Waals surface area contributed by atoms with Gasteiger partial charge < -0.3 is 19.7 Å². The summed E-state index contributed by atoms with van der Waals surface area (Å²) < 4.78 is 23.9. The predicted molar refractivity (Wildman–Crippen MR) is 100 cm³/mol. The van der Waals surface area contributed by atoms with Gasteiger partial charge >= 0.3 is 0 Å². The van der Waals surface area contributed by atoms with Crippen molar-refractivity contribution < 1.29 is 18.7 Å². The maximum Gasteiger partial charge on any atom is 0.243 e. The molecular weight excluding hydrogens is 359 g/mol. The minimum Gasteiger partial charge on any atom is -0.495 e. The summed E-state index contributed by atoms with van der Waals surface area (Å²) in [5, 5.41) is 3.23. The highest BCUT2D eigenvalue weighted by atomic mass is 35.5. The molecule has 1 heterocycles. The van der Waals surface area contributed by atoms with E-state index in [1.165, 1.54) is 26.4 Å². The molecule has 0 bridgehead atoms. The number of benzene rings is 2. The molecule has 3 rings (SSSR count). The van der Waals surface area contributed by atoms with E-state index in [-0.39, 0.29) is 18.3 Å². The molecule has 0 atom stereocenters. The number of nitrogens with one attached hydrogen (secondary N) is 1. The molecule has 0 spiro atoms. The fraction of sp³-hybridized carbons (Fsp3) is 0.316. The van der Waals surface area contributed by atoms with Gasteiger partial charge in [-0.15, -0.1) is 0 Å². The molecule has 26 heavy (non-hydrogen) atoms. The van der Waals surface area contributed by atoms with Crippen LogP contribution in [0.2, 0.25) is 5.02 Å². The number of amides is 1. The Kier molecular flexibility index (Phi) is 5.52. The van der Waals surface area contributed by atoms with Crippen molar-refractivity contribution in [3.8, 4) is 11.5 Å². The van der Waals surface area contributed by atoms with Gasteiger partial charge in [0.2, 0.25) is 5.91 Å². The van der Waals surface area contributed by atoms with E-state index in [4.69, 9.17) is 21.1 Å². The van der Waals surface area contributed by atoms with Gasteiger partial charge in [0.05, 0.1) is 31.5 Å². The number of methoxy groups -OCH3 is 2. The molecule has 0 saturated heterocycles. The third kappa shape index (κ3) is 3.85. The van der Waals surface area contributed by atoms with Crippen LogP contribution >= 0.6 is 11.6 Å². The minimum absolute atomic E-state index is 0.159. The summed E-state index contributed by atoms with van der Waals surface area (Å²) in [6.07, 6.45) is 1.69. The molecule has 0 fully saturated rings. The Morgan fingerprint density at radius 3 is 2.73 bits per heavy atom. The van der Waals surface area contributed by atoms with Crippen molar-refractivity contribution in [2.45, 2.75) is 12.8 Å². The highest BCUT2D eigenvalue weighted by Crippen LogP contribution is 2.36. The summed E-state index contributed by atoms with van der Waals surface area (Å²) in [6.45, 7) is 0.903. The van der Waals surface area contributed by atoms with Crippen LogP contribution in [0.1, 0.15) is 12.0 Å². The fourth-order valence-corrected chi connectivity index (χ4v) is 3.36. The Balaban J connectivity index is 1.76. The second-order valence-electron chi connectivity index (χ2n) is 6.03. The zero-order valence-electron chi connectivity index (χ0n) is 14.6. The van der Waals surface area contributed by atoms with E-state index in [9.17, 15) is 9.18 Å². The zero-order chi connectivity index (χ0) is 18.7. The van der Waals surface area contributed by atoms with Gasteiger partial charge in [-0.3, -0.25) is 4.79 Å². The van der Waals surface area contributed by atoms with Crippen molar-refractivity contribution in [2.24, 2.45) is 0 Å². The number of anilines is 2. The lowest BCUT2D eigenvalue weighted by Gasteiger charge is -2.30. The molecule has 1 aliphatic rings. The number of ether oxygens (including phenoxy) is 2. The fourth-order valence-electron chi connectivity index (χ4n) is 3.13. The maximum absolute atomic E-state index is 13.4. The Labute approximate surface area is 156 Å². The molecule has 2 aromatic rings. The first-order valence-electron chi connectivity index (χ1n) is 8.26. The molecule has 0 saturated carbocycles. The number of rotatable bonds is 5. The van der Waals surface area contributed by atoms with Crippen LogP contribution in [0, 0.1) is 5.82 Å². The average molecular weight is 379 g/mol. The molecule has 5 nitrogen and oxygen atoms in total. The van der Waals surface area contributed by atoms with Gasteiger partial charge in [-0.2, -0.15) is 0 Å². The second-order valence-corrected chi connectivity index (χ2v) is 6.44. The van der Waals surface area contributed by atoms with Gasteiger partial charge in [-0.25, -0.2) is 4.39 Å². The summed E-state index contributed by atoms with van der Waals surface area (Å²) in [5.74, 6) is 0.435. The molecule has 1 amide bonds. The van der Waals surface area contributed by atoms with Crippen molar-refractivity contribution in [1.82, 2.24) is 0 Å². The van der Waals surface area contributed by atoms with Crippen LogP contribution in [0.15, 0.2) is 30.3 Å². The zero-order valence-corrected chi connectivity index (χ0v) is 15.4. The first kappa shape index (κ1) is 18.3. The van der Waals surface area contributed by atoms with E-state index >= 15 is 0 Å². The van der Waals surface area contributed by atoms with E-state index in [0.29, 0.717) is 22.2 Å². The largest absolute Gasteiger partial charge is 0.495 e.